The molecule has 4 nitrogen and oxygen atoms in total. The van der Waals surface area contributed by atoms with E-state index in [1.807, 2.05) is 36.7 Å². The number of hydrogen-bond donors (Lipinski definition) is 0. The van der Waals surface area contributed by atoms with E-state index in [4.69, 9.17) is 14.7 Å². The first kappa shape index (κ1) is 29.7. The average Bonchev–Trinajstić information content (AvgIpc) is 2.99. The molecule has 4 rings (SSSR count). The Morgan fingerprint density at radius 2 is 1.28 bits per heavy atom. The Balaban J connectivity index is 1.19. The predicted octanol–water partition coefficient (Wildman–Crippen LogP) is 10.1. The summed E-state index contributed by atoms with van der Waals surface area (Å²) in [5, 5.41) is 0. The number of esters is 1. The summed E-state index contributed by atoms with van der Waals surface area (Å²) in [7, 11) is 0. The third-order valence-corrected chi connectivity index (χ3v) is 9.43. The Morgan fingerprint density at radius 3 is 1.92 bits per heavy atom. The molecule has 2 aliphatic rings. The second-order valence-electron chi connectivity index (χ2n) is 12.4. The third-order valence-electron chi connectivity index (χ3n) is 9.43. The summed E-state index contributed by atoms with van der Waals surface area (Å²) in [5.41, 5.74) is 2.24. The first-order valence-electron chi connectivity index (χ1n) is 16.3. The van der Waals surface area contributed by atoms with Crippen LogP contribution in [0.25, 0.3) is 11.4 Å². The molecular formula is C35H52N2O2. The molecule has 0 bridgehead atoms. The van der Waals surface area contributed by atoms with Gasteiger partial charge in [-0.15, -0.1) is 0 Å². The van der Waals surface area contributed by atoms with Crippen LogP contribution in [-0.2, 0) is 4.79 Å². The molecule has 0 saturated heterocycles. The van der Waals surface area contributed by atoms with Gasteiger partial charge in [-0.1, -0.05) is 78.1 Å². The van der Waals surface area contributed by atoms with Gasteiger partial charge in [-0.25, -0.2) is 9.97 Å². The summed E-state index contributed by atoms with van der Waals surface area (Å²) in [5.74, 6) is 3.64. The SMILES string of the molecule is CCCCCCCCC1CCC(c2cnc(-c3ccc(OC(=O)C4CCC(CCCC)CC4)cc3)nc2)CC1. The maximum absolute atomic E-state index is 12.7. The standard InChI is InChI=1S/C35H52N2O2/c1-3-5-7-8-9-10-12-28-13-17-29(18-14-28)32-25-36-34(37-26-32)30-21-23-33(24-22-30)39-35(38)31-19-15-27(16-20-31)11-6-4-2/h21-29,31H,3-20H2,1-2H3. The molecular weight excluding hydrogens is 480 g/mol. The van der Waals surface area contributed by atoms with Gasteiger partial charge in [0.2, 0.25) is 0 Å². The number of aromatic nitrogens is 2. The Morgan fingerprint density at radius 1 is 0.718 bits per heavy atom. The largest absolute Gasteiger partial charge is 0.426 e. The molecule has 2 aliphatic carbocycles. The molecule has 1 heterocycles. The van der Waals surface area contributed by atoms with Crippen molar-refractivity contribution in [3.8, 4) is 17.1 Å². The quantitative estimate of drug-likeness (QED) is 0.138. The molecule has 0 aliphatic heterocycles. The summed E-state index contributed by atoms with van der Waals surface area (Å²) in [6.07, 6.45) is 27.2. The van der Waals surface area contributed by atoms with Crippen molar-refractivity contribution in [1.82, 2.24) is 9.97 Å². The van der Waals surface area contributed by atoms with Gasteiger partial charge in [-0.2, -0.15) is 0 Å². The van der Waals surface area contributed by atoms with E-state index in [2.05, 4.69) is 13.8 Å². The van der Waals surface area contributed by atoms with E-state index < -0.39 is 0 Å². The van der Waals surface area contributed by atoms with Crippen molar-refractivity contribution in [3.05, 3.63) is 42.2 Å². The summed E-state index contributed by atoms with van der Waals surface area (Å²) in [4.78, 5) is 22.1. The molecule has 0 spiro atoms. The van der Waals surface area contributed by atoms with E-state index in [0.717, 1.165) is 48.9 Å². The molecule has 1 aromatic heterocycles. The Labute approximate surface area is 237 Å². The number of rotatable bonds is 14. The van der Waals surface area contributed by atoms with Crippen LogP contribution in [0.4, 0.5) is 0 Å². The first-order chi connectivity index (χ1) is 19.2. The van der Waals surface area contributed by atoms with Crippen LogP contribution in [0.15, 0.2) is 36.7 Å². The number of nitrogens with zero attached hydrogens (tertiary/aromatic N) is 2. The van der Waals surface area contributed by atoms with Gasteiger partial charge in [-0.3, -0.25) is 4.79 Å². The molecule has 0 N–H and O–H groups in total. The lowest BCUT2D eigenvalue weighted by molar-refractivity contribution is -0.140. The second kappa shape index (κ2) is 16.1. The van der Waals surface area contributed by atoms with E-state index >= 15 is 0 Å². The van der Waals surface area contributed by atoms with E-state index in [0.29, 0.717) is 11.7 Å². The van der Waals surface area contributed by atoms with Crippen molar-refractivity contribution in [2.45, 2.75) is 135 Å². The Bertz CT molecular complexity index is 955. The van der Waals surface area contributed by atoms with Gasteiger partial charge in [0.1, 0.15) is 5.75 Å². The monoisotopic (exact) mass is 532 g/mol. The summed E-state index contributed by atoms with van der Waals surface area (Å²) >= 11 is 0. The van der Waals surface area contributed by atoms with Crippen LogP contribution in [0.5, 0.6) is 5.75 Å². The zero-order valence-electron chi connectivity index (χ0n) is 24.7. The van der Waals surface area contributed by atoms with Gasteiger partial charge in [0.05, 0.1) is 5.92 Å². The van der Waals surface area contributed by atoms with Gasteiger partial charge in [-0.05, 0) is 98.9 Å². The number of carbonyl (C=O) groups is 1. The van der Waals surface area contributed by atoms with Crippen LogP contribution in [0.3, 0.4) is 0 Å². The highest BCUT2D eigenvalue weighted by Gasteiger charge is 2.27. The highest BCUT2D eigenvalue weighted by molar-refractivity contribution is 5.75. The van der Waals surface area contributed by atoms with Gasteiger partial charge in [0.25, 0.3) is 0 Å². The smallest absolute Gasteiger partial charge is 0.314 e. The van der Waals surface area contributed by atoms with Crippen molar-refractivity contribution in [2.75, 3.05) is 0 Å². The van der Waals surface area contributed by atoms with Crippen molar-refractivity contribution >= 4 is 5.97 Å². The van der Waals surface area contributed by atoms with E-state index in [9.17, 15) is 4.79 Å². The molecule has 39 heavy (non-hydrogen) atoms. The first-order valence-corrected chi connectivity index (χ1v) is 16.3. The fraction of sp³-hybridized carbons (Fsp3) is 0.686. The molecule has 214 valence electrons. The van der Waals surface area contributed by atoms with Crippen molar-refractivity contribution in [3.63, 3.8) is 0 Å². The molecule has 4 heteroatoms. The van der Waals surface area contributed by atoms with E-state index in [1.54, 1.807) is 0 Å². The van der Waals surface area contributed by atoms with Crippen LogP contribution >= 0.6 is 0 Å². The predicted molar refractivity (Wildman–Crippen MR) is 161 cm³/mol. The lowest BCUT2D eigenvalue weighted by atomic mass is 9.77. The topological polar surface area (TPSA) is 52.1 Å². The molecule has 0 atom stereocenters. The van der Waals surface area contributed by atoms with Crippen LogP contribution in [-0.4, -0.2) is 15.9 Å². The Hall–Kier alpha value is -2.23. The van der Waals surface area contributed by atoms with Crippen molar-refractivity contribution in [2.24, 2.45) is 17.8 Å². The minimum Gasteiger partial charge on any atom is -0.426 e. The van der Waals surface area contributed by atoms with Crippen LogP contribution < -0.4 is 4.74 Å². The van der Waals surface area contributed by atoms with Gasteiger partial charge >= 0.3 is 5.97 Å². The van der Waals surface area contributed by atoms with Crippen molar-refractivity contribution in [1.29, 1.82) is 0 Å². The van der Waals surface area contributed by atoms with E-state index in [-0.39, 0.29) is 11.9 Å². The maximum atomic E-state index is 12.7. The minimum atomic E-state index is -0.0704. The molecule has 2 aromatic rings. The number of unbranched alkanes of at least 4 members (excludes halogenated alkanes) is 6. The fourth-order valence-corrected chi connectivity index (χ4v) is 6.75. The van der Waals surface area contributed by atoms with E-state index in [1.165, 1.54) is 95.5 Å². The zero-order chi connectivity index (χ0) is 27.3. The third kappa shape index (κ3) is 9.43. The number of ether oxygens (including phenoxy) is 1. The van der Waals surface area contributed by atoms with Crippen LogP contribution in [0, 0.1) is 17.8 Å². The minimum absolute atomic E-state index is 0.0454. The molecule has 0 amide bonds. The highest BCUT2D eigenvalue weighted by atomic mass is 16.5. The molecule has 0 radical (unpaired) electrons. The molecule has 0 unspecified atom stereocenters. The zero-order valence-corrected chi connectivity index (χ0v) is 24.7. The number of benzene rings is 1. The molecule has 2 fully saturated rings. The number of hydrogen-bond acceptors (Lipinski definition) is 4. The summed E-state index contributed by atoms with van der Waals surface area (Å²) in [6, 6.07) is 7.68. The van der Waals surface area contributed by atoms with Gasteiger partial charge in [0.15, 0.2) is 5.82 Å². The molecule has 2 saturated carbocycles. The lowest BCUT2D eigenvalue weighted by Gasteiger charge is -2.28. The van der Waals surface area contributed by atoms with Crippen LogP contribution in [0.1, 0.15) is 141 Å². The summed E-state index contributed by atoms with van der Waals surface area (Å²) < 4.78 is 5.73. The summed E-state index contributed by atoms with van der Waals surface area (Å²) in [6.45, 7) is 4.54. The van der Waals surface area contributed by atoms with Crippen LogP contribution in [0.2, 0.25) is 0 Å². The van der Waals surface area contributed by atoms with Crippen molar-refractivity contribution < 1.29 is 9.53 Å². The Kier molecular flexibility index (Phi) is 12.3. The van der Waals surface area contributed by atoms with Gasteiger partial charge < -0.3 is 4.74 Å². The molecule has 1 aromatic carbocycles. The fourth-order valence-electron chi connectivity index (χ4n) is 6.75. The highest BCUT2D eigenvalue weighted by Crippen LogP contribution is 2.38. The normalized spacial score (nSPS) is 23.4. The maximum Gasteiger partial charge on any atom is 0.314 e. The average molecular weight is 533 g/mol. The number of carbonyl (C=O) groups excluding carboxylic acids is 1. The lowest BCUT2D eigenvalue weighted by Crippen LogP contribution is -2.25. The van der Waals surface area contributed by atoms with Gasteiger partial charge in [0, 0.05) is 18.0 Å². The second-order valence-corrected chi connectivity index (χ2v) is 12.4.